The lowest BCUT2D eigenvalue weighted by atomic mass is 10.1. The molecule has 0 atom stereocenters. The summed E-state index contributed by atoms with van der Waals surface area (Å²) in [6.07, 6.45) is 6.52. The van der Waals surface area contributed by atoms with E-state index in [1.165, 1.54) is 31.9 Å². The first kappa shape index (κ1) is 11.8. The van der Waals surface area contributed by atoms with Gasteiger partial charge in [0.05, 0.1) is 4.92 Å². The van der Waals surface area contributed by atoms with E-state index >= 15 is 0 Å². The SMILES string of the molecule is Cc1cc(NCC2CCCC2)ncc1[N+](=O)[O-]. The summed E-state index contributed by atoms with van der Waals surface area (Å²) in [5, 5.41) is 13.9. The lowest BCUT2D eigenvalue weighted by molar-refractivity contribution is -0.385. The van der Waals surface area contributed by atoms with Gasteiger partial charge < -0.3 is 5.32 Å². The van der Waals surface area contributed by atoms with Gasteiger partial charge in [-0.1, -0.05) is 12.8 Å². The highest BCUT2D eigenvalue weighted by atomic mass is 16.6. The Hall–Kier alpha value is -1.65. The molecule has 5 nitrogen and oxygen atoms in total. The smallest absolute Gasteiger partial charge is 0.290 e. The Morgan fingerprint density at radius 2 is 2.24 bits per heavy atom. The van der Waals surface area contributed by atoms with Crippen LogP contribution in [0.25, 0.3) is 0 Å². The molecular formula is C12H17N3O2. The second-order valence-corrected chi connectivity index (χ2v) is 4.64. The van der Waals surface area contributed by atoms with Gasteiger partial charge in [0.2, 0.25) is 0 Å². The van der Waals surface area contributed by atoms with E-state index in [1.54, 1.807) is 13.0 Å². The molecule has 0 saturated heterocycles. The molecule has 0 spiro atoms. The maximum absolute atomic E-state index is 10.6. The molecule has 1 aliphatic rings. The Kier molecular flexibility index (Phi) is 3.56. The van der Waals surface area contributed by atoms with Gasteiger partial charge in [-0.3, -0.25) is 10.1 Å². The van der Waals surface area contributed by atoms with E-state index in [4.69, 9.17) is 0 Å². The molecule has 1 aromatic heterocycles. The van der Waals surface area contributed by atoms with Gasteiger partial charge >= 0.3 is 0 Å². The first-order valence-corrected chi connectivity index (χ1v) is 6.01. The number of nitrogens with one attached hydrogen (secondary N) is 1. The number of aromatic nitrogens is 1. The van der Waals surface area contributed by atoms with E-state index in [0.717, 1.165) is 18.3 Å². The zero-order valence-corrected chi connectivity index (χ0v) is 9.98. The van der Waals surface area contributed by atoms with Gasteiger partial charge in [-0.15, -0.1) is 0 Å². The molecule has 0 bridgehead atoms. The van der Waals surface area contributed by atoms with Crippen LogP contribution in [0.4, 0.5) is 11.5 Å². The van der Waals surface area contributed by atoms with Gasteiger partial charge in [-0.2, -0.15) is 0 Å². The van der Waals surface area contributed by atoms with Crippen molar-refractivity contribution in [1.82, 2.24) is 4.98 Å². The van der Waals surface area contributed by atoms with Crippen LogP contribution in [-0.4, -0.2) is 16.5 Å². The molecule has 0 amide bonds. The second-order valence-electron chi connectivity index (χ2n) is 4.64. The molecule has 17 heavy (non-hydrogen) atoms. The topological polar surface area (TPSA) is 68.1 Å². The maximum Gasteiger partial charge on any atom is 0.290 e. The second kappa shape index (κ2) is 5.12. The van der Waals surface area contributed by atoms with Crippen molar-refractivity contribution in [3.05, 3.63) is 27.9 Å². The monoisotopic (exact) mass is 235 g/mol. The van der Waals surface area contributed by atoms with Crippen LogP contribution >= 0.6 is 0 Å². The van der Waals surface area contributed by atoms with Crippen molar-refractivity contribution in [2.45, 2.75) is 32.6 Å². The molecule has 5 heteroatoms. The van der Waals surface area contributed by atoms with Crippen molar-refractivity contribution in [2.24, 2.45) is 5.92 Å². The number of anilines is 1. The van der Waals surface area contributed by atoms with E-state index in [2.05, 4.69) is 10.3 Å². The summed E-state index contributed by atoms with van der Waals surface area (Å²) in [5.74, 6) is 1.47. The normalized spacial score (nSPS) is 16.1. The molecule has 2 rings (SSSR count). The molecule has 0 unspecified atom stereocenters. The highest BCUT2D eigenvalue weighted by Gasteiger charge is 2.15. The Bertz CT molecular complexity index is 414. The van der Waals surface area contributed by atoms with Crippen molar-refractivity contribution >= 4 is 11.5 Å². The van der Waals surface area contributed by atoms with Crippen molar-refractivity contribution < 1.29 is 4.92 Å². The Morgan fingerprint density at radius 3 is 2.82 bits per heavy atom. The predicted molar refractivity (Wildman–Crippen MR) is 66.1 cm³/mol. The molecule has 92 valence electrons. The first-order valence-electron chi connectivity index (χ1n) is 6.01. The van der Waals surface area contributed by atoms with Gasteiger partial charge in [0.1, 0.15) is 12.0 Å². The molecule has 1 N–H and O–H groups in total. The number of aryl methyl sites for hydroxylation is 1. The van der Waals surface area contributed by atoms with Gasteiger partial charge in [0.25, 0.3) is 5.69 Å². The van der Waals surface area contributed by atoms with Crippen LogP contribution in [0.15, 0.2) is 12.3 Å². The minimum Gasteiger partial charge on any atom is -0.370 e. The van der Waals surface area contributed by atoms with Crippen LogP contribution in [0, 0.1) is 23.0 Å². The average molecular weight is 235 g/mol. The average Bonchev–Trinajstić information content (AvgIpc) is 2.78. The maximum atomic E-state index is 10.6. The molecule has 0 radical (unpaired) electrons. The quantitative estimate of drug-likeness (QED) is 0.643. The number of pyridine rings is 1. The highest BCUT2D eigenvalue weighted by Crippen LogP contribution is 2.25. The van der Waals surface area contributed by atoms with Gasteiger partial charge in [-0.25, -0.2) is 4.98 Å². The number of nitrogens with zero attached hydrogens (tertiary/aromatic N) is 2. The van der Waals surface area contributed by atoms with Gasteiger partial charge in [0, 0.05) is 12.1 Å². The Labute approximate surface area is 100 Å². The molecule has 1 saturated carbocycles. The molecule has 1 aromatic rings. The van der Waals surface area contributed by atoms with Crippen LogP contribution in [-0.2, 0) is 0 Å². The molecular weight excluding hydrogens is 218 g/mol. The largest absolute Gasteiger partial charge is 0.370 e. The number of hydrogen-bond donors (Lipinski definition) is 1. The standard InChI is InChI=1S/C12H17N3O2/c1-9-6-12(14-8-11(9)15(16)17)13-7-10-4-2-3-5-10/h6,8,10H,2-5,7H2,1H3,(H,13,14). The number of hydrogen-bond acceptors (Lipinski definition) is 4. The summed E-state index contributed by atoms with van der Waals surface area (Å²) in [7, 11) is 0. The number of rotatable bonds is 4. The lowest BCUT2D eigenvalue weighted by Crippen LogP contribution is -2.12. The van der Waals surface area contributed by atoms with Gasteiger partial charge in [0.15, 0.2) is 0 Å². The van der Waals surface area contributed by atoms with Crippen molar-refractivity contribution in [2.75, 3.05) is 11.9 Å². The Morgan fingerprint density at radius 1 is 1.53 bits per heavy atom. The van der Waals surface area contributed by atoms with E-state index in [0.29, 0.717) is 5.56 Å². The summed E-state index contributed by atoms with van der Waals surface area (Å²) < 4.78 is 0. The molecule has 1 aliphatic carbocycles. The third-order valence-corrected chi connectivity index (χ3v) is 3.33. The van der Waals surface area contributed by atoms with Crippen LogP contribution in [0.1, 0.15) is 31.2 Å². The van der Waals surface area contributed by atoms with E-state index in [1.807, 2.05) is 0 Å². The summed E-state index contributed by atoms with van der Waals surface area (Å²) in [6.45, 7) is 2.66. The minimum absolute atomic E-state index is 0.0800. The minimum atomic E-state index is -0.400. The lowest BCUT2D eigenvalue weighted by Gasteiger charge is -2.11. The fourth-order valence-corrected chi connectivity index (χ4v) is 2.30. The molecule has 1 fully saturated rings. The zero-order chi connectivity index (χ0) is 12.3. The predicted octanol–water partition coefficient (Wildman–Crippen LogP) is 2.90. The van der Waals surface area contributed by atoms with Crippen molar-refractivity contribution in [3.63, 3.8) is 0 Å². The Balaban J connectivity index is 1.97. The van der Waals surface area contributed by atoms with Crippen molar-refractivity contribution in [3.8, 4) is 0 Å². The van der Waals surface area contributed by atoms with Crippen LogP contribution in [0.5, 0.6) is 0 Å². The molecule has 0 aliphatic heterocycles. The fraction of sp³-hybridized carbons (Fsp3) is 0.583. The van der Waals surface area contributed by atoms with E-state index < -0.39 is 4.92 Å². The molecule has 0 aromatic carbocycles. The zero-order valence-electron chi connectivity index (χ0n) is 9.98. The first-order chi connectivity index (χ1) is 8.16. The van der Waals surface area contributed by atoms with E-state index in [9.17, 15) is 10.1 Å². The summed E-state index contributed by atoms with van der Waals surface area (Å²) >= 11 is 0. The highest BCUT2D eigenvalue weighted by molar-refractivity contribution is 5.46. The van der Waals surface area contributed by atoms with Crippen LogP contribution in [0.3, 0.4) is 0 Å². The molecule has 1 heterocycles. The summed E-state index contributed by atoms with van der Waals surface area (Å²) in [6, 6.07) is 1.74. The van der Waals surface area contributed by atoms with Crippen LogP contribution < -0.4 is 5.32 Å². The fourth-order valence-electron chi connectivity index (χ4n) is 2.30. The summed E-state index contributed by atoms with van der Waals surface area (Å²) in [4.78, 5) is 14.3. The third kappa shape index (κ3) is 2.93. The van der Waals surface area contributed by atoms with Crippen LogP contribution in [0.2, 0.25) is 0 Å². The van der Waals surface area contributed by atoms with Crippen molar-refractivity contribution in [1.29, 1.82) is 0 Å². The third-order valence-electron chi connectivity index (χ3n) is 3.33. The van der Waals surface area contributed by atoms with E-state index in [-0.39, 0.29) is 5.69 Å². The van der Waals surface area contributed by atoms with Gasteiger partial charge in [-0.05, 0) is 31.7 Å². The summed E-state index contributed by atoms with van der Waals surface area (Å²) in [5.41, 5.74) is 0.732. The number of nitro groups is 1.